The Kier molecular flexibility index (Phi) is 14.7. The Bertz CT molecular complexity index is 386. The number of carbonyl (C=O) groups excluding carboxylic acids is 3. The molecule has 0 aliphatic carbocycles. The van der Waals surface area contributed by atoms with Crippen LogP contribution >= 0.6 is 0 Å². The van der Waals surface area contributed by atoms with E-state index in [-0.39, 0.29) is 30.7 Å². The van der Waals surface area contributed by atoms with Crippen LogP contribution in [-0.4, -0.2) is 37.2 Å². The number of esters is 2. The summed E-state index contributed by atoms with van der Waals surface area (Å²) in [5, 5.41) is 0. The Morgan fingerprint density at radius 1 is 1.33 bits per heavy atom. The van der Waals surface area contributed by atoms with E-state index < -0.39 is 24.8 Å². The molecule has 0 saturated carbocycles. The molecule has 1 rings (SSSR count). The highest BCUT2D eigenvalue weighted by Gasteiger charge is 2.40. The zero-order chi connectivity index (χ0) is 19.1. The fourth-order valence-electron chi connectivity index (χ4n) is 1.96. The van der Waals surface area contributed by atoms with Gasteiger partial charge in [0.15, 0.2) is 6.61 Å². The second-order valence-electron chi connectivity index (χ2n) is 5.74. The van der Waals surface area contributed by atoms with Crippen molar-refractivity contribution < 1.29 is 28.6 Å². The first-order chi connectivity index (χ1) is 11.4. The highest BCUT2D eigenvalue weighted by Crippen LogP contribution is 2.28. The van der Waals surface area contributed by atoms with Gasteiger partial charge in [0.2, 0.25) is 0 Å². The van der Waals surface area contributed by atoms with E-state index in [1.807, 2.05) is 20.8 Å². The molecule has 3 atom stereocenters. The lowest BCUT2D eigenvalue weighted by atomic mass is 9.88. The molecule has 1 heterocycles. The van der Waals surface area contributed by atoms with E-state index in [1.54, 1.807) is 0 Å². The summed E-state index contributed by atoms with van der Waals surface area (Å²) in [6.07, 6.45) is 9.90. The average molecular weight is 342 g/mol. The first-order valence-corrected chi connectivity index (χ1v) is 8.14. The molecular formula is C18H30O6. The number of cyclic esters (lactones) is 1. The molecule has 0 aromatic rings. The number of carbonyl (C=O) groups is 3. The molecule has 6 nitrogen and oxygen atoms in total. The molecule has 6 heteroatoms. The van der Waals surface area contributed by atoms with Crippen molar-refractivity contribution in [3.05, 3.63) is 0 Å². The van der Waals surface area contributed by atoms with Crippen LogP contribution in [-0.2, 0) is 28.6 Å². The maximum absolute atomic E-state index is 11.4. The fourth-order valence-corrected chi connectivity index (χ4v) is 1.96. The summed E-state index contributed by atoms with van der Waals surface area (Å²) in [4.78, 5) is 32.8. The van der Waals surface area contributed by atoms with Crippen LogP contribution in [0, 0.1) is 24.7 Å². The van der Waals surface area contributed by atoms with Crippen LogP contribution in [0.5, 0.6) is 0 Å². The predicted molar refractivity (Wildman–Crippen MR) is 90.9 cm³/mol. The largest absolute Gasteiger partial charge is 0.458 e. The van der Waals surface area contributed by atoms with E-state index in [9.17, 15) is 14.4 Å². The molecular weight excluding hydrogens is 312 g/mol. The number of hydrogen-bond donors (Lipinski definition) is 0. The van der Waals surface area contributed by atoms with Crippen molar-refractivity contribution in [2.75, 3.05) is 6.61 Å². The molecule has 0 amide bonds. The first kappa shape index (κ1) is 24.2. The summed E-state index contributed by atoms with van der Waals surface area (Å²) >= 11 is 0. The molecule has 1 aliphatic heterocycles. The van der Waals surface area contributed by atoms with Crippen LogP contribution in [0.1, 0.15) is 53.9 Å². The highest BCUT2D eigenvalue weighted by atomic mass is 16.6. The minimum Gasteiger partial charge on any atom is -0.458 e. The molecule has 138 valence electrons. The quantitative estimate of drug-likeness (QED) is 0.320. The number of ether oxygens (including phenoxy) is 3. The van der Waals surface area contributed by atoms with E-state index in [1.165, 1.54) is 12.8 Å². The summed E-state index contributed by atoms with van der Waals surface area (Å²) in [6, 6.07) is 0. The van der Waals surface area contributed by atoms with Crippen molar-refractivity contribution in [3.63, 3.8) is 0 Å². The molecule has 0 aromatic carbocycles. The minimum absolute atomic E-state index is 0.0430. The van der Waals surface area contributed by atoms with Crippen LogP contribution in [0.15, 0.2) is 0 Å². The van der Waals surface area contributed by atoms with Crippen molar-refractivity contribution in [2.45, 2.75) is 66.1 Å². The van der Waals surface area contributed by atoms with Crippen LogP contribution < -0.4 is 0 Å². The Hall–Kier alpha value is -2.03. The molecule has 1 aliphatic rings. The molecule has 0 aromatic heterocycles. The minimum atomic E-state index is -0.637. The normalized spacial score (nSPS) is 22.0. The van der Waals surface area contributed by atoms with Gasteiger partial charge >= 0.3 is 11.9 Å². The van der Waals surface area contributed by atoms with Gasteiger partial charge in [-0.15, -0.1) is 12.8 Å². The van der Waals surface area contributed by atoms with Crippen molar-refractivity contribution in [1.29, 1.82) is 0 Å². The van der Waals surface area contributed by atoms with Crippen molar-refractivity contribution in [1.82, 2.24) is 0 Å². The second-order valence-corrected chi connectivity index (χ2v) is 5.74. The van der Waals surface area contributed by atoms with Crippen molar-refractivity contribution in [3.8, 4) is 12.8 Å². The average Bonchev–Trinajstić information content (AvgIpc) is 2.57. The SMILES string of the molecule is C#C.CC(C)C1OC(=O)CC(C)C1OC(=O)COC=O.CCCC. The van der Waals surface area contributed by atoms with Gasteiger partial charge < -0.3 is 14.2 Å². The Morgan fingerprint density at radius 3 is 2.29 bits per heavy atom. The Labute approximate surface area is 145 Å². The van der Waals surface area contributed by atoms with Crippen LogP contribution in [0.3, 0.4) is 0 Å². The summed E-state index contributed by atoms with van der Waals surface area (Å²) in [6.45, 7) is 9.73. The van der Waals surface area contributed by atoms with Gasteiger partial charge in [0, 0.05) is 5.92 Å². The topological polar surface area (TPSA) is 78.9 Å². The van der Waals surface area contributed by atoms with Crippen molar-refractivity contribution >= 4 is 18.4 Å². The van der Waals surface area contributed by atoms with Gasteiger partial charge in [-0.05, 0) is 5.92 Å². The summed E-state index contributed by atoms with van der Waals surface area (Å²) in [5.41, 5.74) is 0. The summed E-state index contributed by atoms with van der Waals surface area (Å²) < 4.78 is 14.8. The monoisotopic (exact) mass is 342 g/mol. The maximum Gasteiger partial charge on any atom is 0.344 e. The van der Waals surface area contributed by atoms with E-state index in [0.29, 0.717) is 0 Å². The molecule has 3 unspecified atom stereocenters. The third kappa shape index (κ3) is 9.88. The van der Waals surface area contributed by atoms with Gasteiger partial charge in [0.25, 0.3) is 6.47 Å². The van der Waals surface area contributed by atoms with Crippen LogP contribution in [0.4, 0.5) is 0 Å². The molecule has 0 bridgehead atoms. The second kappa shape index (κ2) is 14.6. The predicted octanol–water partition coefficient (Wildman–Crippen LogP) is 2.73. The van der Waals surface area contributed by atoms with Crippen LogP contribution in [0.25, 0.3) is 0 Å². The maximum atomic E-state index is 11.4. The molecule has 0 N–H and O–H groups in total. The zero-order valence-corrected chi connectivity index (χ0v) is 15.3. The lowest BCUT2D eigenvalue weighted by molar-refractivity contribution is -0.190. The van der Waals surface area contributed by atoms with Gasteiger partial charge in [0.1, 0.15) is 12.2 Å². The van der Waals surface area contributed by atoms with Gasteiger partial charge in [-0.2, -0.15) is 0 Å². The Morgan fingerprint density at radius 2 is 1.88 bits per heavy atom. The van der Waals surface area contributed by atoms with Crippen LogP contribution in [0.2, 0.25) is 0 Å². The lowest BCUT2D eigenvalue weighted by Crippen LogP contribution is -2.47. The van der Waals surface area contributed by atoms with Gasteiger partial charge in [-0.25, -0.2) is 4.79 Å². The Balaban J connectivity index is 0. The van der Waals surface area contributed by atoms with E-state index >= 15 is 0 Å². The van der Waals surface area contributed by atoms with E-state index in [2.05, 4.69) is 31.4 Å². The molecule has 1 fully saturated rings. The summed E-state index contributed by atoms with van der Waals surface area (Å²) in [7, 11) is 0. The smallest absolute Gasteiger partial charge is 0.344 e. The molecule has 0 spiro atoms. The number of unbranched alkanes of at least 4 members (excludes halogenated alkanes) is 1. The van der Waals surface area contributed by atoms with Gasteiger partial charge in [-0.1, -0.05) is 47.5 Å². The number of rotatable bonds is 6. The zero-order valence-electron chi connectivity index (χ0n) is 15.3. The third-order valence-corrected chi connectivity index (χ3v) is 3.33. The van der Waals surface area contributed by atoms with Gasteiger partial charge in [-0.3, -0.25) is 9.59 Å². The molecule has 24 heavy (non-hydrogen) atoms. The third-order valence-electron chi connectivity index (χ3n) is 3.33. The first-order valence-electron chi connectivity index (χ1n) is 8.14. The molecule has 1 saturated heterocycles. The standard InChI is InChI=1S/C12H18O6.C4H10.C2H2/c1-7(2)11-12(8(3)4-9(14)17-11)18-10(15)5-16-6-13;1-3-4-2;1-2/h6-8,11-12H,4-5H2,1-3H3;3-4H2,1-2H3;1-2H. The summed E-state index contributed by atoms with van der Waals surface area (Å²) in [5.74, 6) is -0.986. The fraction of sp³-hybridized carbons (Fsp3) is 0.722. The van der Waals surface area contributed by atoms with E-state index in [0.717, 1.165) is 0 Å². The number of hydrogen-bond acceptors (Lipinski definition) is 6. The van der Waals surface area contributed by atoms with E-state index in [4.69, 9.17) is 9.47 Å². The highest BCUT2D eigenvalue weighted by molar-refractivity contribution is 5.73. The molecule has 0 radical (unpaired) electrons. The van der Waals surface area contributed by atoms with Crippen molar-refractivity contribution in [2.24, 2.45) is 11.8 Å². The van der Waals surface area contributed by atoms with Gasteiger partial charge in [0.05, 0.1) is 6.42 Å². The lowest BCUT2D eigenvalue weighted by Gasteiger charge is -2.37. The number of terminal acetylenes is 1.